The van der Waals surface area contributed by atoms with E-state index in [-0.39, 0.29) is 6.73 Å². The number of ether oxygens (including phenoxy) is 1. The lowest BCUT2D eigenvalue weighted by Gasteiger charge is -1.82. The van der Waals surface area contributed by atoms with Crippen LogP contribution in [-0.4, -0.2) is 40.4 Å². The zero-order valence-corrected chi connectivity index (χ0v) is 6.63. The van der Waals surface area contributed by atoms with E-state index in [1.165, 1.54) is 7.11 Å². The number of aliphatic imine (C=N–C) groups is 1. The van der Waals surface area contributed by atoms with Gasteiger partial charge in [-0.25, -0.2) is 0 Å². The van der Waals surface area contributed by atoms with Gasteiger partial charge in [0.2, 0.25) is 0 Å². The Morgan fingerprint density at radius 1 is 1.60 bits per heavy atom. The Balaban J connectivity index is 0. The van der Waals surface area contributed by atoms with Crippen molar-refractivity contribution in [3.8, 4) is 0 Å². The predicted molar refractivity (Wildman–Crippen MR) is 41.4 cm³/mol. The molecule has 60 valence electrons. The van der Waals surface area contributed by atoms with Gasteiger partial charge in [0.1, 0.15) is 6.73 Å². The van der Waals surface area contributed by atoms with E-state index in [4.69, 9.17) is 0 Å². The molecule has 0 heterocycles. The maximum absolute atomic E-state index is 9.47. The second-order valence-corrected chi connectivity index (χ2v) is 1.39. The van der Waals surface area contributed by atoms with Crippen molar-refractivity contribution in [3.63, 3.8) is 0 Å². The summed E-state index contributed by atoms with van der Waals surface area (Å²) in [6.45, 7) is 0.263. The number of hydrogen-bond donors (Lipinski definition) is 1. The third kappa shape index (κ3) is 26.8. The van der Waals surface area contributed by atoms with E-state index in [2.05, 4.69) is 15.0 Å². The predicted octanol–water partition coefficient (Wildman–Crippen LogP) is -0.304. The molecular weight excluding hydrogens is 132 g/mol. The maximum atomic E-state index is 9.47. The number of methoxy groups -OCH3 is 1. The van der Waals surface area contributed by atoms with Gasteiger partial charge >= 0.3 is 0 Å². The van der Waals surface area contributed by atoms with Crippen LogP contribution in [0.2, 0.25) is 0 Å². The molecule has 0 aromatic carbocycles. The minimum Gasteiger partial charge on any atom is -0.363 e. The molecular formula is C6H14N2O2. The second-order valence-electron chi connectivity index (χ2n) is 1.39. The summed E-state index contributed by atoms with van der Waals surface area (Å²) in [7, 11) is 5.27. The van der Waals surface area contributed by atoms with Gasteiger partial charge in [0.05, 0.1) is 6.21 Å². The van der Waals surface area contributed by atoms with Crippen molar-refractivity contribution in [1.82, 2.24) is 5.32 Å². The van der Waals surface area contributed by atoms with Crippen LogP contribution >= 0.6 is 0 Å². The van der Waals surface area contributed by atoms with Crippen molar-refractivity contribution < 1.29 is 9.53 Å². The van der Waals surface area contributed by atoms with E-state index < -0.39 is 0 Å². The highest BCUT2D eigenvalue weighted by Crippen LogP contribution is 1.63. The fourth-order valence-corrected chi connectivity index (χ4v) is 0.161. The Morgan fingerprint density at radius 3 is 2.40 bits per heavy atom. The number of carbonyl (C=O) groups is 1. The average Bonchev–Trinajstić information content (AvgIpc) is 1.91. The minimum absolute atomic E-state index is 0.263. The number of aldehydes is 1. The van der Waals surface area contributed by atoms with Crippen molar-refractivity contribution in [1.29, 1.82) is 0 Å². The van der Waals surface area contributed by atoms with Crippen LogP contribution in [0.4, 0.5) is 0 Å². The normalized spacial score (nSPS) is 8.70. The number of hydrogen-bond acceptors (Lipinski definition) is 4. The third-order valence-corrected chi connectivity index (χ3v) is 0.370. The summed E-state index contributed by atoms with van der Waals surface area (Å²) in [6.07, 6.45) is 1.77. The number of carbonyl (C=O) groups excluding carboxylic acids is 1. The lowest BCUT2D eigenvalue weighted by Crippen LogP contribution is -1.89. The largest absolute Gasteiger partial charge is 0.363 e. The monoisotopic (exact) mass is 146 g/mol. The summed E-state index contributed by atoms with van der Waals surface area (Å²) in [5.74, 6) is 0. The molecule has 0 bridgehead atoms. The van der Waals surface area contributed by atoms with Gasteiger partial charge in [-0.05, 0) is 14.1 Å². The topological polar surface area (TPSA) is 50.7 Å². The van der Waals surface area contributed by atoms with Gasteiger partial charge in [0.15, 0.2) is 6.29 Å². The lowest BCUT2D eigenvalue weighted by atomic mass is 10.8. The molecule has 0 fully saturated rings. The highest BCUT2D eigenvalue weighted by molar-refractivity contribution is 6.12. The van der Waals surface area contributed by atoms with Crippen LogP contribution in [0.3, 0.4) is 0 Å². The summed E-state index contributed by atoms with van der Waals surface area (Å²) in [5, 5.41) is 2.75. The van der Waals surface area contributed by atoms with Crippen molar-refractivity contribution in [2.24, 2.45) is 4.99 Å². The van der Waals surface area contributed by atoms with Gasteiger partial charge in [-0.1, -0.05) is 0 Å². The van der Waals surface area contributed by atoms with Gasteiger partial charge in [-0.3, -0.25) is 9.79 Å². The Bertz CT molecular complexity index is 83.8. The zero-order valence-electron chi connectivity index (χ0n) is 6.63. The van der Waals surface area contributed by atoms with Crippen LogP contribution in [0, 0.1) is 0 Å². The first kappa shape index (κ1) is 12.0. The van der Waals surface area contributed by atoms with Crippen LogP contribution in [0.1, 0.15) is 0 Å². The molecule has 0 saturated heterocycles. The fourth-order valence-electron chi connectivity index (χ4n) is 0.161. The van der Waals surface area contributed by atoms with Crippen molar-refractivity contribution >= 4 is 12.5 Å². The SMILES string of the molecule is CNC.COCN=CC=O. The van der Waals surface area contributed by atoms with E-state index in [1.807, 2.05) is 14.1 Å². The summed E-state index contributed by atoms with van der Waals surface area (Å²) in [4.78, 5) is 13.0. The Kier molecular flexibility index (Phi) is 18.9. The molecule has 0 unspecified atom stereocenters. The molecule has 10 heavy (non-hydrogen) atoms. The number of nitrogens with one attached hydrogen (secondary N) is 1. The number of rotatable bonds is 3. The molecule has 0 rings (SSSR count). The average molecular weight is 146 g/mol. The fraction of sp³-hybridized carbons (Fsp3) is 0.667. The van der Waals surface area contributed by atoms with Gasteiger partial charge < -0.3 is 10.1 Å². The molecule has 0 spiro atoms. The van der Waals surface area contributed by atoms with Crippen LogP contribution in [0.5, 0.6) is 0 Å². The minimum atomic E-state index is 0.263. The Hall–Kier alpha value is -0.740. The maximum Gasteiger partial charge on any atom is 0.160 e. The smallest absolute Gasteiger partial charge is 0.160 e. The standard InChI is InChI=1S/C4H7NO2.C2H7N/c1-7-4-5-2-3-6;1-3-2/h2-3H,4H2,1H3;3H,1-2H3. The second kappa shape index (κ2) is 15.7. The highest BCUT2D eigenvalue weighted by atomic mass is 16.5. The Labute approximate surface area is 61.3 Å². The zero-order chi connectivity index (χ0) is 8.24. The third-order valence-electron chi connectivity index (χ3n) is 0.370. The molecule has 4 heteroatoms. The Morgan fingerprint density at radius 2 is 2.10 bits per heavy atom. The molecule has 0 radical (unpaired) electrons. The number of nitrogens with zero attached hydrogens (tertiary/aromatic N) is 1. The van der Waals surface area contributed by atoms with Crippen LogP contribution < -0.4 is 5.32 Å². The summed E-state index contributed by atoms with van der Waals surface area (Å²) < 4.78 is 4.49. The molecule has 0 aromatic rings. The molecule has 0 aromatic heterocycles. The molecule has 0 aliphatic rings. The van der Waals surface area contributed by atoms with Crippen molar-refractivity contribution in [2.75, 3.05) is 27.9 Å². The first-order valence-corrected chi connectivity index (χ1v) is 2.84. The molecule has 0 aliphatic heterocycles. The summed E-state index contributed by atoms with van der Waals surface area (Å²) >= 11 is 0. The van der Waals surface area contributed by atoms with E-state index in [1.54, 1.807) is 0 Å². The van der Waals surface area contributed by atoms with Crippen molar-refractivity contribution in [2.45, 2.75) is 0 Å². The van der Waals surface area contributed by atoms with Gasteiger partial charge in [-0.15, -0.1) is 0 Å². The quantitative estimate of drug-likeness (QED) is 0.439. The van der Waals surface area contributed by atoms with Gasteiger partial charge in [-0.2, -0.15) is 0 Å². The van der Waals surface area contributed by atoms with E-state index >= 15 is 0 Å². The van der Waals surface area contributed by atoms with Gasteiger partial charge in [0, 0.05) is 7.11 Å². The van der Waals surface area contributed by atoms with Crippen LogP contribution in [0.25, 0.3) is 0 Å². The highest BCUT2D eigenvalue weighted by Gasteiger charge is 1.65. The first-order chi connectivity index (χ1) is 4.83. The van der Waals surface area contributed by atoms with E-state index in [9.17, 15) is 4.79 Å². The molecule has 4 nitrogen and oxygen atoms in total. The lowest BCUT2D eigenvalue weighted by molar-refractivity contribution is -0.102. The van der Waals surface area contributed by atoms with E-state index in [0.29, 0.717) is 6.29 Å². The molecule has 0 amide bonds. The summed E-state index contributed by atoms with van der Waals surface area (Å²) in [5.41, 5.74) is 0. The first-order valence-electron chi connectivity index (χ1n) is 2.84. The van der Waals surface area contributed by atoms with E-state index in [0.717, 1.165) is 6.21 Å². The van der Waals surface area contributed by atoms with Gasteiger partial charge in [0.25, 0.3) is 0 Å². The van der Waals surface area contributed by atoms with Crippen LogP contribution in [0.15, 0.2) is 4.99 Å². The molecule has 0 atom stereocenters. The molecule has 0 aliphatic carbocycles. The summed E-state index contributed by atoms with van der Waals surface area (Å²) in [6, 6.07) is 0. The molecule has 0 saturated carbocycles. The van der Waals surface area contributed by atoms with Crippen molar-refractivity contribution in [3.05, 3.63) is 0 Å². The van der Waals surface area contributed by atoms with Crippen LogP contribution in [-0.2, 0) is 9.53 Å². The molecule has 1 N–H and O–H groups in total.